The topological polar surface area (TPSA) is 93.2 Å². The minimum absolute atomic E-state index is 0.0289. The molecule has 0 N–H and O–H groups in total. The van der Waals surface area contributed by atoms with Gasteiger partial charge in [0.1, 0.15) is 11.5 Å². The molecule has 8 heteroatoms. The number of allylic oxidation sites excluding steroid dienone is 2. The second-order valence-corrected chi connectivity index (χ2v) is 10.7. The molecular formula is C29H26N2O6. The van der Waals surface area contributed by atoms with Gasteiger partial charge >= 0.3 is 5.97 Å². The van der Waals surface area contributed by atoms with Crippen LogP contribution < -0.4 is 19.3 Å². The molecule has 2 aromatic rings. The molecule has 2 saturated carbocycles. The fraction of sp³-hybridized carbons (Fsp3) is 0.379. The van der Waals surface area contributed by atoms with Crippen molar-refractivity contribution in [3.63, 3.8) is 0 Å². The van der Waals surface area contributed by atoms with E-state index in [-0.39, 0.29) is 60.1 Å². The Morgan fingerprint density at radius 2 is 1.62 bits per heavy atom. The van der Waals surface area contributed by atoms with Crippen molar-refractivity contribution in [2.75, 3.05) is 23.5 Å². The Morgan fingerprint density at radius 3 is 2.32 bits per heavy atom. The van der Waals surface area contributed by atoms with Crippen LogP contribution in [-0.2, 0) is 19.2 Å². The van der Waals surface area contributed by atoms with Crippen LogP contribution in [0.5, 0.6) is 11.5 Å². The number of esters is 1. The first-order valence-electron chi connectivity index (χ1n) is 12.8. The first-order valence-corrected chi connectivity index (χ1v) is 12.8. The number of ether oxygens (including phenoxy) is 2. The van der Waals surface area contributed by atoms with Gasteiger partial charge in [-0.25, -0.2) is 4.90 Å². The predicted molar refractivity (Wildman–Crippen MR) is 133 cm³/mol. The first-order chi connectivity index (χ1) is 18.0. The lowest BCUT2D eigenvalue weighted by molar-refractivity contribution is -0.139. The highest BCUT2D eigenvalue weighted by Crippen LogP contribution is 2.65. The highest BCUT2D eigenvalue weighted by molar-refractivity contribution is 6.22. The molecule has 0 aromatic heterocycles. The number of hydrogen-bond donors (Lipinski definition) is 0. The summed E-state index contributed by atoms with van der Waals surface area (Å²) in [6, 6.07) is 13.7. The number of para-hydroxylation sites is 2. The number of nitrogens with zero attached hydrogens (tertiary/aromatic N) is 2. The van der Waals surface area contributed by atoms with Crippen molar-refractivity contribution in [2.24, 2.45) is 41.4 Å². The number of methoxy groups -OCH3 is 1. The number of benzene rings is 2. The first kappa shape index (κ1) is 22.3. The lowest BCUT2D eigenvalue weighted by Gasteiger charge is -2.37. The van der Waals surface area contributed by atoms with Crippen LogP contribution >= 0.6 is 0 Å². The second kappa shape index (κ2) is 8.03. The van der Waals surface area contributed by atoms with Crippen molar-refractivity contribution < 1.29 is 28.7 Å². The van der Waals surface area contributed by atoms with Gasteiger partial charge in [-0.1, -0.05) is 30.4 Å². The van der Waals surface area contributed by atoms with Gasteiger partial charge in [-0.2, -0.15) is 0 Å². The third-order valence-corrected chi connectivity index (χ3v) is 8.79. The molecule has 0 radical (unpaired) electrons. The average molecular weight is 499 g/mol. The van der Waals surface area contributed by atoms with Crippen molar-refractivity contribution in [1.29, 1.82) is 0 Å². The molecule has 3 amide bonds. The molecular weight excluding hydrogens is 472 g/mol. The van der Waals surface area contributed by atoms with E-state index >= 15 is 0 Å². The number of carbonyl (C=O) groups excluding carboxylic acids is 4. The smallest absolute Gasteiger partial charge is 0.316 e. The molecule has 2 aliphatic heterocycles. The molecule has 4 aliphatic carbocycles. The van der Waals surface area contributed by atoms with Crippen LogP contribution in [-0.4, -0.2) is 37.3 Å². The number of carbonyl (C=O) groups is 4. The van der Waals surface area contributed by atoms with Gasteiger partial charge in [0, 0.05) is 19.0 Å². The SMILES string of the molecule is COc1ccccc1N1C[C@H](C(=O)Oc2cccc(N3C(=O)[C@@H]4[C@H]5C=C[C@@H]([C@@H]6C[C@@H]56)[C@H]4C3=O)c2)CC1=O. The Hall–Kier alpha value is -3.94. The van der Waals surface area contributed by atoms with Crippen LogP contribution in [0.2, 0.25) is 0 Å². The largest absolute Gasteiger partial charge is 0.495 e. The molecule has 8 nitrogen and oxygen atoms in total. The predicted octanol–water partition coefficient (Wildman–Crippen LogP) is 3.21. The van der Waals surface area contributed by atoms with E-state index in [9.17, 15) is 19.2 Å². The summed E-state index contributed by atoms with van der Waals surface area (Å²) >= 11 is 0. The summed E-state index contributed by atoms with van der Waals surface area (Å²) in [7, 11) is 1.53. The number of rotatable bonds is 5. The third-order valence-electron chi connectivity index (χ3n) is 8.79. The molecule has 0 unspecified atom stereocenters. The van der Waals surface area contributed by atoms with Gasteiger partial charge in [-0.05, 0) is 54.4 Å². The third kappa shape index (κ3) is 3.27. The maximum Gasteiger partial charge on any atom is 0.316 e. The van der Waals surface area contributed by atoms with E-state index in [1.807, 2.05) is 12.1 Å². The Labute approximate surface area is 213 Å². The summed E-state index contributed by atoms with van der Waals surface area (Å²) in [5.74, 6) is -0.0941. The summed E-state index contributed by atoms with van der Waals surface area (Å²) < 4.78 is 11.0. The van der Waals surface area contributed by atoms with Crippen molar-refractivity contribution in [3.8, 4) is 11.5 Å². The zero-order chi connectivity index (χ0) is 25.4. The molecule has 0 spiro atoms. The van der Waals surface area contributed by atoms with E-state index in [2.05, 4.69) is 12.2 Å². The number of hydrogen-bond acceptors (Lipinski definition) is 6. The van der Waals surface area contributed by atoms with E-state index in [0.717, 1.165) is 6.42 Å². The highest BCUT2D eigenvalue weighted by Gasteiger charge is 2.67. The van der Waals surface area contributed by atoms with Crippen molar-refractivity contribution >= 4 is 35.1 Å². The summed E-state index contributed by atoms with van der Waals surface area (Å²) in [6.45, 7) is 0.183. The lowest BCUT2D eigenvalue weighted by Crippen LogP contribution is -2.40. The fourth-order valence-electron chi connectivity index (χ4n) is 7.05. The summed E-state index contributed by atoms with van der Waals surface area (Å²) in [6.07, 6.45) is 5.43. The van der Waals surface area contributed by atoms with Crippen LogP contribution in [0.1, 0.15) is 12.8 Å². The van der Waals surface area contributed by atoms with Crippen LogP contribution in [0.25, 0.3) is 0 Å². The van der Waals surface area contributed by atoms with Crippen molar-refractivity contribution in [3.05, 3.63) is 60.7 Å². The van der Waals surface area contributed by atoms with E-state index in [1.54, 1.807) is 36.4 Å². The lowest BCUT2D eigenvalue weighted by atomic mass is 9.63. The molecule has 2 heterocycles. The molecule has 2 aromatic carbocycles. The molecule has 6 aliphatic rings. The quantitative estimate of drug-likeness (QED) is 0.272. The van der Waals surface area contributed by atoms with E-state index in [1.165, 1.54) is 16.9 Å². The molecule has 188 valence electrons. The highest BCUT2D eigenvalue weighted by atomic mass is 16.5. The summed E-state index contributed by atoms with van der Waals surface area (Å²) in [4.78, 5) is 55.4. The van der Waals surface area contributed by atoms with Crippen molar-refractivity contribution in [2.45, 2.75) is 12.8 Å². The molecule has 7 atom stereocenters. The van der Waals surface area contributed by atoms with Gasteiger partial charge in [-0.15, -0.1) is 0 Å². The Kier molecular flexibility index (Phi) is 4.83. The van der Waals surface area contributed by atoms with E-state index < -0.39 is 11.9 Å². The van der Waals surface area contributed by atoms with Gasteiger partial charge in [0.05, 0.1) is 36.2 Å². The molecule has 37 heavy (non-hydrogen) atoms. The normalized spacial score (nSPS) is 33.0. The monoisotopic (exact) mass is 498 g/mol. The maximum absolute atomic E-state index is 13.4. The van der Waals surface area contributed by atoms with Gasteiger partial charge in [0.25, 0.3) is 0 Å². The summed E-state index contributed by atoms with van der Waals surface area (Å²) in [5, 5.41) is 0. The van der Waals surface area contributed by atoms with Gasteiger partial charge in [0.2, 0.25) is 17.7 Å². The molecule has 2 saturated heterocycles. The van der Waals surface area contributed by atoms with Crippen molar-refractivity contribution in [1.82, 2.24) is 0 Å². The minimum Gasteiger partial charge on any atom is -0.495 e. The fourth-order valence-corrected chi connectivity index (χ4v) is 7.05. The summed E-state index contributed by atoms with van der Waals surface area (Å²) in [5.41, 5.74) is 1.03. The van der Waals surface area contributed by atoms with Crippen LogP contribution in [0.4, 0.5) is 11.4 Å². The zero-order valence-electron chi connectivity index (χ0n) is 20.3. The van der Waals surface area contributed by atoms with Gasteiger partial charge in [-0.3, -0.25) is 19.2 Å². The van der Waals surface area contributed by atoms with Gasteiger partial charge < -0.3 is 14.4 Å². The van der Waals surface area contributed by atoms with E-state index in [4.69, 9.17) is 9.47 Å². The number of anilines is 2. The second-order valence-electron chi connectivity index (χ2n) is 10.7. The molecule has 2 bridgehead atoms. The molecule has 4 fully saturated rings. The Balaban J connectivity index is 1.08. The van der Waals surface area contributed by atoms with Crippen LogP contribution in [0, 0.1) is 41.4 Å². The number of amides is 3. The zero-order valence-corrected chi connectivity index (χ0v) is 20.3. The Morgan fingerprint density at radius 1 is 0.919 bits per heavy atom. The van der Waals surface area contributed by atoms with Crippen LogP contribution in [0.3, 0.4) is 0 Å². The average Bonchev–Trinajstić information content (AvgIpc) is 3.59. The Bertz CT molecular complexity index is 1350. The van der Waals surface area contributed by atoms with E-state index in [0.29, 0.717) is 29.0 Å². The minimum atomic E-state index is -0.646. The molecule has 8 rings (SSSR count). The maximum atomic E-state index is 13.4. The van der Waals surface area contributed by atoms with Crippen LogP contribution in [0.15, 0.2) is 60.7 Å². The van der Waals surface area contributed by atoms with Gasteiger partial charge in [0.15, 0.2) is 0 Å². The standard InChI is InChI=1S/C29H26N2O6/c1-36-23-8-3-2-7-22(23)30-14-15(11-24(30)32)29(35)37-17-6-4-5-16(12-17)31-27(33)25-18-9-10-19(21-13-20(18)21)26(25)28(31)34/h2-10,12,15,18-21,25-26H,11,13-14H2,1H3/t15-,18+,19+,20+,21+,25-,26-/m1/s1. The number of imide groups is 1.